The molecule has 0 heterocycles. The van der Waals surface area contributed by atoms with Crippen molar-refractivity contribution in [3.63, 3.8) is 0 Å². The average Bonchev–Trinajstić information content (AvgIpc) is 1.86. The average molecular weight is 194 g/mol. The highest BCUT2D eigenvalue weighted by Crippen LogP contribution is 2.00. The minimum absolute atomic E-state index is 0. The highest BCUT2D eigenvalue weighted by molar-refractivity contribution is 5.85. The van der Waals surface area contributed by atoms with E-state index in [1.165, 1.54) is 0 Å². The van der Waals surface area contributed by atoms with Gasteiger partial charge >= 0.3 is 5.97 Å². The van der Waals surface area contributed by atoms with Crippen LogP contribution in [0.5, 0.6) is 0 Å². The zero-order chi connectivity index (χ0) is 8.85. The van der Waals surface area contributed by atoms with Crippen molar-refractivity contribution in [2.24, 2.45) is 5.73 Å². The van der Waals surface area contributed by atoms with Crippen LogP contribution in [0.4, 0.5) is 0 Å². The summed E-state index contributed by atoms with van der Waals surface area (Å²) in [5, 5.41) is 0. The second kappa shape index (κ2) is 7.13. The summed E-state index contributed by atoms with van der Waals surface area (Å²) in [6.45, 7) is 7.62. The first-order valence-corrected chi connectivity index (χ1v) is 3.64. The van der Waals surface area contributed by atoms with Crippen molar-refractivity contribution in [2.75, 3.05) is 6.61 Å². The molecule has 0 spiro atoms. The fraction of sp³-hybridized carbons (Fsp3) is 0.625. The maximum absolute atomic E-state index is 10.9. The van der Waals surface area contributed by atoms with Crippen LogP contribution in [0, 0.1) is 0 Å². The number of ether oxygens (including phenoxy) is 1. The van der Waals surface area contributed by atoms with Crippen LogP contribution in [-0.2, 0) is 9.53 Å². The summed E-state index contributed by atoms with van der Waals surface area (Å²) in [5.74, 6) is -0.351. The first-order valence-electron chi connectivity index (χ1n) is 3.64. The van der Waals surface area contributed by atoms with Crippen molar-refractivity contribution >= 4 is 18.4 Å². The third-order valence-corrected chi connectivity index (χ3v) is 1.16. The largest absolute Gasteiger partial charge is 0.465 e. The molecule has 0 aromatic heterocycles. The van der Waals surface area contributed by atoms with E-state index < -0.39 is 6.04 Å². The van der Waals surface area contributed by atoms with E-state index in [4.69, 9.17) is 10.5 Å². The maximum atomic E-state index is 10.9. The third kappa shape index (κ3) is 6.19. The van der Waals surface area contributed by atoms with Crippen molar-refractivity contribution in [3.05, 3.63) is 12.2 Å². The standard InChI is InChI=1S/C8H15NO2.ClH/c1-4-11-8(10)7(9)5-6(2)3;/h7H,2,4-5,9H2,1,3H3;1H. The second-order valence-electron chi connectivity index (χ2n) is 2.52. The van der Waals surface area contributed by atoms with Gasteiger partial charge in [-0.05, 0) is 20.3 Å². The number of halogens is 1. The molecule has 0 aromatic rings. The molecule has 0 aromatic carbocycles. The summed E-state index contributed by atoms with van der Waals surface area (Å²) >= 11 is 0. The lowest BCUT2D eigenvalue weighted by Gasteiger charge is -2.09. The molecular formula is C8H16ClNO2. The Labute approximate surface area is 79.4 Å². The Morgan fingerprint density at radius 3 is 2.50 bits per heavy atom. The molecule has 12 heavy (non-hydrogen) atoms. The van der Waals surface area contributed by atoms with Crippen molar-refractivity contribution in [1.82, 2.24) is 0 Å². The predicted molar refractivity (Wildman–Crippen MR) is 51.3 cm³/mol. The van der Waals surface area contributed by atoms with Gasteiger partial charge in [0.25, 0.3) is 0 Å². The van der Waals surface area contributed by atoms with Crippen LogP contribution in [0.3, 0.4) is 0 Å². The van der Waals surface area contributed by atoms with Gasteiger partial charge < -0.3 is 10.5 Å². The summed E-state index contributed by atoms with van der Waals surface area (Å²) in [6.07, 6.45) is 0.499. The van der Waals surface area contributed by atoms with Gasteiger partial charge in [-0.25, -0.2) is 0 Å². The number of rotatable bonds is 4. The molecule has 0 radical (unpaired) electrons. The van der Waals surface area contributed by atoms with Crippen LogP contribution >= 0.6 is 12.4 Å². The lowest BCUT2D eigenvalue weighted by Crippen LogP contribution is -2.32. The zero-order valence-corrected chi connectivity index (χ0v) is 8.32. The van der Waals surface area contributed by atoms with Crippen LogP contribution in [0.2, 0.25) is 0 Å². The van der Waals surface area contributed by atoms with E-state index in [2.05, 4.69) is 6.58 Å². The molecule has 4 heteroatoms. The smallest absolute Gasteiger partial charge is 0.323 e. The third-order valence-electron chi connectivity index (χ3n) is 1.16. The zero-order valence-electron chi connectivity index (χ0n) is 7.50. The number of nitrogens with two attached hydrogens (primary N) is 1. The van der Waals surface area contributed by atoms with Gasteiger partial charge in [0.15, 0.2) is 0 Å². The number of esters is 1. The molecule has 0 fully saturated rings. The topological polar surface area (TPSA) is 52.3 Å². The van der Waals surface area contributed by atoms with Crippen LogP contribution in [-0.4, -0.2) is 18.6 Å². The van der Waals surface area contributed by atoms with Crippen LogP contribution in [0.15, 0.2) is 12.2 Å². The van der Waals surface area contributed by atoms with Crippen LogP contribution in [0.25, 0.3) is 0 Å². The highest BCUT2D eigenvalue weighted by Gasteiger charge is 2.13. The first-order chi connectivity index (χ1) is 5.07. The molecule has 2 N–H and O–H groups in total. The summed E-state index contributed by atoms with van der Waals surface area (Å²) in [6, 6.07) is -0.549. The van der Waals surface area contributed by atoms with Gasteiger partial charge in [0, 0.05) is 0 Å². The fourth-order valence-corrected chi connectivity index (χ4v) is 0.708. The van der Waals surface area contributed by atoms with Gasteiger partial charge in [0.05, 0.1) is 6.61 Å². The van der Waals surface area contributed by atoms with Gasteiger partial charge in [-0.3, -0.25) is 4.79 Å². The molecule has 0 aliphatic heterocycles. The summed E-state index contributed by atoms with van der Waals surface area (Å²) in [7, 11) is 0. The first kappa shape index (κ1) is 14.0. The molecule has 72 valence electrons. The molecular weight excluding hydrogens is 178 g/mol. The van der Waals surface area contributed by atoms with E-state index in [1.807, 2.05) is 6.92 Å². The predicted octanol–water partition coefficient (Wildman–Crippen LogP) is 1.26. The Balaban J connectivity index is 0. The van der Waals surface area contributed by atoms with Crippen molar-refractivity contribution in [1.29, 1.82) is 0 Å². The molecule has 0 aliphatic carbocycles. The van der Waals surface area contributed by atoms with E-state index in [-0.39, 0.29) is 18.4 Å². The molecule has 1 atom stereocenters. The summed E-state index contributed by atoms with van der Waals surface area (Å²) in [4.78, 5) is 10.9. The van der Waals surface area contributed by atoms with Gasteiger partial charge in [0.1, 0.15) is 6.04 Å². The number of carbonyl (C=O) groups excluding carboxylic acids is 1. The van der Waals surface area contributed by atoms with Crippen molar-refractivity contribution in [3.8, 4) is 0 Å². The van der Waals surface area contributed by atoms with Gasteiger partial charge in [-0.15, -0.1) is 19.0 Å². The van der Waals surface area contributed by atoms with Crippen LogP contribution in [0.1, 0.15) is 20.3 Å². The minimum Gasteiger partial charge on any atom is -0.465 e. The van der Waals surface area contributed by atoms with Gasteiger partial charge in [-0.2, -0.15) is 0 Å². The normalized spacial score (nSPS) is 11.2. The Hall–Kier alpha value is -0.540. The quantitative estimate of drug-likeness (QED) is 0.541. The van der Waals surface area contributed by atoms with Gasteiger partial charge in [0.2, 0.25) is 0 Å². The number of carbonyl (C=O) groups is 1. The molecule has 0 aliphatic rings. The van der Waals surface area contributed by atoms with E-state index >= 15 is 0 Å². The molecule has 0 rings (SSSR count). The van der Waals surface area contributed by atoms with E-state index in [0.717, 1.165) is 5.57 Å². The van der Waals surface area contributed by atoms with Crippen molar-refractivity contribution in [2.45, 2.75) is 26.3 Å². The SMILES string of the molecule is C=C(C)CC(N)C(=O)OCC.Cl. The van der Waals surface area contributed by atoms with E-state index in [0.29, 0.717) is 13.0 Å². The summed E-state index contributed by atoms with van der Waals surface area (Å²) in [5.41, 5.74) is 6.36. The highest BCUT2D eigenvalue weighted by atomic mass is 35.5. The second-order valence-corrected chi connectivity index (χ2v) is 2.52. The van der Waals surface area contributed by atoms with E-state index in [1.54, 1.807) is 6.92 Å². The summed E-state index contributed by atoms with van der Waals surface area (Å²) < 4.78 is 4.70. The van der Waals surface area contributed by atoms with Crippen LogP contribution < -0.4 is 5.73 Å². The van der Waals surface area contributed by atoms with Crippen molar-refractivity contribution < 1.29 is 9.53 Å². The molecule has 0 amide bonds. The Kier molecular flexibility index (Phi) is 8.32. The monoisotopic (exact) mass is 193 g/mol. The maximum Gasteiger partial charge on any atom is 0.323 e. The fourth-order valence-electron chi connectivity index (χ4n) is 0.708. The number of hydrogen-bond donors (Lipinski definition) is 1. The van der Waals surface area contributed by atoms with Gasteiger partial charge in [-0.1, -0.05) is 5.57 Å². The van der Waals surface area contributed by atoms with E-state index in [9.17, 15) is 4.79 Å². The Morgan fingerprint density at radius 2 is 2.17 bits per heavy atom. The Bertz CT molecular complexity index is 159. The lowest BCUT2D eigenvalue weighted by atomic mass is 10.1. The number of hydrogen-bond acceptors (Lipinski definition) is 3. The molecule has 0 saturated carbocycles. The Morgan fingerprint density at radius 1 is 1.67 bits per heavy atom. The lowest BCUT2D eigenvalue weighted by molar-refractivity contribution is -0.144. The molecule has 3 nitrogen and oxygen atoms in total. The molecule has 1 unspecified atom stereocenters. The molecule has 0 saturated heterocycles. The minimum atomic E-state index is -0.549. The molecule has 0 bridgehead atoms.